The van der Waals surface area contributed by atoms with E-state index in [2.05, 4.69) is 10.1 Å². The molecule has 144 valence electrons. The number of amides is 1. The van der Waals surface area contributed by atoms with E-state index < -0.39 is 11.6 Å². The molecule has 0 radical (unpaired) electrons. The molecule has 0 fully saturated rings. The molecule has 3 heterocycles. The Bertz CT molecular complexity index is 1290. The van der Waals surface area contributed by atoms with Crippen molar-refractivity contribution < 1.29 is 13.6 Å². The number of aromatic nitrogens is 3. The Kier molecular flexibility index (Phi) is 4.30. The third-order valence-corrected chi connectivity index (χ3v) is 5.53. The molecule has 0 bridgehead atoms. The highest BCUT2D eigenvalue weighted by molar-refractivity contribution is 14.1. The van der Waals surface area contributed by atoms with Gasteiger partial charge in [0, 0.05) is 35.5 Å². The molecule has 0 spiro atoms. The normalized spacial score (nSPS) is 13.3. The SMILES string of the molecule is O=C1c2cccnc2CN1Cc1cc(F)c(-c2ccc3nn(I)cc3c2)cc1F. The smallest absolute Gasteiger partial charge is 0.256 e. The molecule has 2 aromatic heterocycles. The maximum absolute atomic E-state index is 14.9. The van der Waals surface area contributed by atoms with Crippen LogP contribution in [0.4, 0.5) is 8.78 Å². The number of benzene rings is 2. The van der Waals surface area contributed by atoms with Gasteiger partial charge in [-0.2, -0.15) is 5.10 Å². The van der Waals surface area contributed by atoms with Crippen molar-refractivity contribution in [3.8, 4) is 11.1 Å². The molecule has 0 N–H and O–H groups in total. The van der Waals surface area contributed by atoms with Crippen LogP contribution in [0.1, 0.15) is 21.6 Å². The van der Waals surface area contributed by atoms with Gasteiger partial charge in [-0.15, -0.1) is 0 Å². The summed E-state index contributed by atoms with van der Waals surface area (Å²) in [5.74, 6) is -1.31. The molecule has 1 amide bonds. The van der Waals surface area contributed by atoms with Gasteiger partial charge in [-0.3, -0.25) is 9.78 Å². The lowest BCUT2D eigenvalue weighted by molar-refractivity contribution is 0.0764. The van der Waals surface area contributed by atoms with Crippen LogP contribution in [-0.4, -0.2) is 23.8 Å². The molecule has 1 aliphatic rings. The second kappa shape index (κ2) is 6.87. The molecule has 5 rings (SSSR count). The lowest BCUT2D eigenvalue weighted by Gasteiger charge is -2.17. The van der Waals surface area contributed by atoms with Crippen molar-refractivity contribution in [2.24, 2.45) is 0 Å². The van der Waals surface area contributed by atoms with E-state index in [9.17, 15) is 13.6 Å². The predicted molar refractivity (Wildman–Crippen MR) is 112 cm³/mol. The fourth-order valence-corrected chi connectivity index (χ4v) is 4.14. The van der Waals surface area contributed by atoms with E-state index >= 15 is 0 Å². The topological polar surface area (TPSA) is 51.0 Å². The van der Waals surface area contributed by atoms with Crippen LogP contribution < -0.4 is 0 Å². The number of hydrogen-bond acceptors (Lipinski definition) is 3. The molecule has 0 unspecified atom stereocenters. The standard InChI is InChI=1S/C21H13F2IN4O/c22-17-8-16(12-3-4-19-14(6-12)10-28(24)26-19)18(23)7-13(17)9-27-11-20-15(21(27)29)2-1-5-25-20/h1-8,10H,9,11H2. The first-order valence-electron chi connectivity index (χ1n) is 8.86. The molecule has 29 heavy (non-hydrogen) atoms. The van der Waals surface area contributed by atoms with Crippen LogP contribution in [0.15, 0.2) is 54.9 Å². The number of fused-ring (bicyclic) bond motifs is 2. The molecule has 4 aromatic rings. The number of rotatable bonds is 3. The zero-order valence-electron chi connectivity index (χ0n) is 14.9. The van der Waals surface area contributed by atoms with E-state index in [4.69, 9.17) is 0 Å². The van der Waals surface area contributed by atoms with Gasteiger partial charge >= 0.3 is 0 Å². The van der Waals surface area contributed by atoms with Gasteiger partial charge in [0.2, 0.25) is 0 Å². The second-order valence-corrected chi connectivity index (χ2v) is 7.86. The predicted octanol–water partition coefficient (Wildman–Crippen LogP) is 4.73. The van der Waals surface area contributed by atoms with E-state index in [1.807, 2.05) is 29.1 Å². The van der Waals surface area contributed by atoms with Gasteiger partial charge in [-0.25, -0.2) is 11.7 Å². The molecule has 8 heteroatoms. The van der Waals surface area contributed by atoms with Gasteiger partial charge in [0.1, 0.15) is 11.6 Å². The average Bonchev–Trinajstić information content (AvgIpc) is 3.23. The van der Waals surface area contributed by atoms with Gasteiger partial charge < -0.3 is 4.90 Å². The number of hydrogen-bond donors (Lipinski definition) is 0. The monoisotopic (exact) mass is 502 g/mol. The van der Waals surface area contributed by atoms with Gasteiger partial charge in [-0.1, -0.05) is 6.07 Å². The summed E-state index contributed by atoms with van der Waals surface area (Å²) in [6.07, 6.45) is 3.43. The fourth-order valence-electron chi connectivity index (χ4n) is 3.61. The highest BCUT2D eigenvalue weighted by Crippen LogP contribution is 2.30. The highest BCUT2D eigenvalue weighted by Gasteiger charge is 2.29. The minimum atomic E-state index is -0.553. The molecular weight excluding hydrogens is 489 g/mol. The minimum absolute atomic E-state index is 0.0150. The third kappa shape index (κ3) is 3.17. The van der Waals surface area contributed by atoms with Crippen LogP contribution in [0, 0.1) is 11.6 Å². The number of halogens is 3. The van der Waals surface area contributed by atoms with Gasteiger partial charge in [0.05, 0.1) is 46.2 Å². The third-order valence-electron chi connectivity index (χ3n) is 5.03. The molecular formula is C21H13F2IN4O. The molecule has 0 saturated heterocycles. The Balaban J connectivity index is 1.46. The molecule has 0 atom stereocenters. The van der Waals surface area contributed by atoms with Crippen molar-refractivity contribution >= 4 is 39.7 Å². The average molecular weight is 502 g/mol. The van der Waals surface area contributed by atoms with Crippen molar-refractivity contribution in [1.82, 2.24) is 17.9 Å². The van der Waals surface area contributed by atoms with Gasteiger partial charge in [0.15, 0.2) is 0 Å². The molecule has 5 nitrogen and oxygen atoms in total. The first-order chi connectivity index (χ1) is 14.0. The number of carbonyl (C=O) groups is 1. The van der Waals surface area contributed by atoms with Crippen molar-refractivity contribution in [3.63, 3.8) is 0 Å². The van der Waals surface area contributed by atoms with Crippen molar-refractivity contribution in [1.29, 1.82) is 0 Å². The van der Waals surface area contributed by atoms with E-state index in [-0.39, 0.29) is 30.1 Å². The largest absolute Gasteiger partial charge is 0.328 e. The Labute approximate surface area is 178 Å². The zero-order valence-corrected chi connectivity index (χ0v) is 17.1. The first kappa shape index (κ1) is 18.2. The lowest BCUT2D eigenvalue weighted by Crippen LogP contribution is -2.24. The molecule has 0 aliphatic carbocycles. The summed E-state index contributed by atoms with van der Waals surface area (Å²) in [6, 6.07) is 11.0. The zero-order chi connectivity index (χ0) is 20.1. The van der Waals surface area contributed by atoms with Crippen molar-refractivity contribution in [3.05, 3.63) is 83.3 Å². The summed E-state index contributed by atoms with van der Waals surface area (Å²) in [5.41, 5.74) is 2.81. The van der Waals surface area contributed by atoms with E-state index in [1.54, 1.807) is 39.4 Å². The van der Waals surface area contributed by atoms with Crippen molar-refractivity contribution in [2.45, 2.75) is 13.1 Å². The quantitative estimate of drug-likeness (QED) is 0.381. The van der Waals surface area contributed by atoms with Gasteiger partial charge in [-0.05, 0) is 42.0 Å². The number of carbonyl (C=O) groups excluding carboxylic acids is 1. The minimum Gasteiger partial charge on any atom is -0.328 e. The van der Waals surface area contributed by atoms with Crippen LogP contribution in [-0.2, 0) is 13.1 Å². The summed E-state index contributed by atoms with van der Waals surface area (Å²) in [6.45, 7) is 0.271. The van der Waals surface area contributed by atoms with Crippen LogP contribution >= 0.6 is 22.9 Å². The summed E-state index contributed by atoms with van der Waals surface area (Å²) < 4.78 is 31.3. The summed E-state index contributed by atoms with van der Waals surface area (Å²) in [5, 5.41) is 5.12. The lowest BCUT2D eigenvalue weighted by atomic mass is 10.0. The fraction of sp³-hybridized carbons (Fsp3) is 0.0952. The summed E-state index contributed by atoms with van der Waals surface area (Å²) >= 11 is 2.04. The van der Waals surface area contributed by atoms with E-state index in [0.29, 0.717) is 16.8 Å². The Hall–Kier alpha value is -2.88. The first-order valence-corrected chi connectivity index (χ1v) is 9.83. The van der Waals surface area contributed by atoms with E-state index in [0.717, 1.165) is 10.9 Å². The highest BCUT2D eigenvalue weighted by atomic mass is 127. The van der Waals surface area contributed by atoms with Gasteiger partial charge in [0.25, 0.3) is 5.91 Å². The Morgan fingerprint density at radius 1 is 1.07 bits per heavy atom. The molecule has 0 saturated carbocycles. The second-order valence-electron chi connectivity index (χ2n) is 6.87. The molecule has 1 aliphatic heterocycles. The van der Waals surface area contributed by atoms with Crippen LogP contribution in [0.2, 0.25) is 0 Å². The van der Waals surface area contributed by atoms with Crippen LogP contribution in [0.5, 0.6) is 0 Å². The van der Waals surface area contributed by atoms with Crippen molar-refractivity contribution in [2.75, 3.05) is 0 Å². The Morgan fingerprint density at radius 3 is 2.76 bits per heavy atom. The summed E-state index contributed by atoms with van der Waals surface area (Å²) in [4.78, 5) is 18.1. The van der Waals surface area contributed by atoms with E-state index in [1.165, 1.54) is 17.0 Å². The number of nitrogens with zero attached hydrogens (tertiary/aromatic N) is 4. The number of pyridine rings is 1. The molecule has 2 aromatic carbocycles. The maximum Gasteiger partial charge on any atom is 0.256 e. The Morgan fingerprint density at radius 2 is 1.93 bits per heavy atom. The maximum atomic E-state index is 14.9. The van der Waals surface area contributed by atoms with Crippen LogP contribution in [0.3, 0.4) is 0 Å². The summed E-state index contributed by atoms with van der Waals surface area (Å²) in [7, 11) is 0. The van der Waals surface area contributed by atoms with Crippen LogP contribution in [0.25, 0.3) is 22.0 Å².